The summed E-state index contributed by atoms with van der Waals surface area (Å²) in [4.78, 5) is 21.6. The van der Waals surface area contributed by atoms with Crippen molar-refractivity contribution in [2.75, 3.05) is 7.11 Å². The van der Waals surface area contributed by atoms with Gasteiger partial charge in [0.05, 0.1) is 13.5 Å². The second kappa shape index (κ2) is 6.80. The van der Waals surface area contributed by atoms with Gasteiger partial charge in [-0.05, 0) is 28.8 Å². The first-order valence-corrected chi connectivity index (χ1v) is 6.23. The number of hydrogen-bond donors (Lipinski definition) is 2. The lowest BCUT2D eigenvalue weighted by molar-refractivity contribution is -0.136. The molecule has 0 atom stereocenters. The van der Waals surface area contributed by atoms with E-state index in [-0.39, 0.29) is 6.42 Å². The van der Waals surface area contributed by atoms with Gasteiger partial charge in [0.15, 0.2) is 0 Å². The Morgan fingerprint density at radius 3 is 2.72 bits per heavy atom. The van der Waals surface area contributed by atoms with Crippen molar-refractivity contribution in [3.8, 4) is 0 Å². The topological polar surface area (TPSA) is 75.6 Å². The van der Waals surface area contributed by atoms with Crippen molar-refractivity contribution in [2.45, 2.75) is 19.9 Å². The average molecular weight is 269 g/mol. The average Bonchev–Trinajstić information content (AvgIpc) is 2.72. The van der Waals surface area contributed by atoms with Crippen LogP contribution >= 0.6 is 11.3 Å². The predicted octanol–water partition coefficient (Wildman–Crippen LogP) is 1.54. The van der Waals surface area contributed by atoms with Gasteiger partial charge in [0.1, 0.15) is 0 Å². The summed E-state index contributed by atoms with van der Waals surface area (Å²) in [6.45, 7) is 2.24. The van der Waals surface area contributed by atoms with E-state index < -0.39 is 11.9 Å². The van der Waals surface area contributed by atoms with Crippen LogP contribution < -0.4 is 5.32 Å². The summed E-state index contributed by atoms with van der Waals surface area (Å²) in [6.07, 6.45) is 1.36. The van der Waals surface area contributed by atoms with Gasteiger partial charge in [0.25, 0.3) is 0 Å². The van der Waals surface area contributed by atoms with Crippen molar-refractivity contribution in [1.29, 1.82) is 0 Å². The van der Waals surface area contributed by atoms with Crippen LogP contribution in [0.5, 0.6) is 0 Å². The first kappa shape index (κ1) is 14.2. The second-order valence-electron chi connectivity index (χ2n) is 3.70. The molecule has 0 amide bonds. The second-order valence-corrected chi connectivity index (χ2v) is 4.44. The molecular weight excluding hydrogens is 254 g/mol. The molecular formula is C12H15NO4S. The fourth-order valence-electron chi connectivity index (χ4n) is 1.34. The SMILES string of the molecule is COC(=O)C=C(C)NCc1cscc1CC(=O)O. The first-order valence-electron chi connectivity index (χ1n) is 5.28. The molecule has 2 N–H and O–H groups in total. The van der Waals surface area contributed by atoms with Gasteiger partial charge in [0, 0.05) is 18.3 Å². The van der Waals surface area contributed by atoms with E-state index in [0.717, 1.165) is 11.1 Å². The number of carboxylic acid groups (broad SMARTS) is 1. The molecule has 0 saturated heterocycles. The van der Waals surface area contributed by atoms with Crippen molar-refractivity contribution in [1.82, 2.24) is 5.32 Å². The lowest BCUT2D eigenvalue weighted by Crippen LogP contribution is -2.13. The fraction of sp³-hybridized carbons (Fsp3) is 0.333. The quantitative estimate of drug-likeness (QED) is 0.605. The van der Waals surface area contributed by atoms with Crippen molar-refractivity contribution >= 4 is 23.3 Å². The van der Waals surface area contributed by atoms with Crippen LogP contribution in [0.4, 0.5) is 0 Å². The van der Waals surface area contributed by atoms with Crippen LogP contribution in [-0.4, -0.2) is 24.2 Å². The summed E-state index contributed by atoms with van der Waals surface area (Å²) in [7, 11) is 1.32. The summed E-state index contributed by atoms with van der Waals surface area (Å²) < 4.78 is 4.50. The number of rotatable bonds is 6. The summed E-state index contributed by atoms with van der Waals surface area (Å²) >= 11 is 1.46. The molecule has 0 aliphatic rings. The Bertz CT molecular complexity index is 464. The molecule has 6 heteroatoms. The number of aliphatic carboxylic acids is 1. The third-order valence-corrected chi connectivity index (χ3v) is 3.11. The monoisotopic (exact) mass is 269 g/mol. The zero-order valence-electron chi connectivity index (χ0n) is 10.2. The predicted molar refractivity (Wildman–Crippen MR) is 68.3 cm³/mol. The molecule has 1 heterocycles. The molecule has 0 unspecified atom stereocenters. The molecule has 18 heavy (non-hydrogen) atoms. The van der Waals surface area contributed by atoms with Gasteiger partial charge >= 0.3 is 11.9 Å². The molecule has 0 fully saturated rings. The Hall–Kier alpha value is -1.82. The van der Waals surface area contributed by atoms with Crippen LogP contribution in [0.3, 0.4) is 0 Å². The van der Waals surface area contributed by atoms with E-state index in [9.17, 15) is 9.59 Å². The van der Waals surface area contributed by atoms with E-state index in [1.54, 1.807) is 6.92 Å². The highest BCUT2D eigenvalue weighted by molar-refractivity contribution is 7.08. The number of ether oxygens (including phenoxy) is 1. The van der Waals surface area contributed by atoms with E-state index in [4.69, 9.17) is 5.11 Å². The number of carboxylic acids is 1. The molecule has 1 aromatic heterocycles. The lowest BCUT2D eigenvalue weighted by atomic mass is 10.1. The summed E-state index contributed by atoms with van der Waals surface area (Å²) in [5, 5.41) is 15.5. The highest BCUT2D eigenvalue weighted by Crippen LogP contribution is 2.16. The van der Waals surface area contributed by atoms with E-state index in [2.05, 4.69) is 10.1 Å². The molecule has 0 bridgehead atoms. The van der Waals surface area contributed by atoms with Gasteiger partial charge in [-0.3, -0.25) is 4.79 Å². The summed E-state index contributed by atoms with van der Waals surface area (Å²) in [5.41, 5.74) is 2.40. The normalized spacial score (nSPS) is 11.1. The number of thiophene rings is 1. The Morgan fingerprint density at radius 2 is 2.11 bits per heavy atom. The Balaban J connectivity index is 2.58. The number of methoxy groups -OCH3 is 1. The molecule has 0 spiro atoms. The van der Waals surface area contributed by atoms with Gasteiger partial charge in [-0.1, -0.05) is 0 Å². The number of hydrogen-bond acceptors (Lipinski definition) is 5. The highest BCUT2D eigenvalue weighted by atomic mass is 32.1. The highest BCUT2D eigenvalue weighted by Gasteiger charge is 2.07. The minimum atomic E-state index is -0.850. The maximum atomic E-state index is 11.0. The largest absolute Gasteiger partial charge is 0.481 e. The Morgan fingerprint density at radius 1 is 1.44 bits per heavy atom. The third-order valence-electron chi connectivity index (χ3n) is 2.27. The van der Waals surface area contributed by atoms with Crippen molar-refractivity contribution in [3.05, 3.63) is 33.7 Å². The molecule has 0 saturated carbocycles. The lowest BCUT2D eigenvalue weighted by Gasteiger charge is -2.06. The molecule has 1 rings (SSSR count). The van der Waals surface area contributed by atoms with E-state index in [1.165, 1.54) is 24.5 Å². The van der Waals surface area contributed by atoms with Crippen LogP contribution in [0.15, 0.2) is 22.5 Å². The number of nitrogens with one attached hydrogen (secondary N) is 1. The van der Waals surface area contributed by atoms with Crippen molar-refractivity contribution < 1.29 is 19.4 Å². The molecule has 0 aromatic carbocycles. The zero-order chi connectivity index (χ0) is 13.5. The summed E-state index contributed by atoms with van der Waals surface area (Å²) in [6, 6.07) is 0. The number of allylic oxidation sites excluding steroid dienone is 1. The maximum Gasteiger partial charge on any atom is 0.332 e. The van der Waals surface area contributed by atoms with Gasteiger partial charge in [0.2, 0.25) is 0 Å². The van der Waals surface area contributed by atoms with Crippen LogP contribution in [0.25, 0.3) is 0 Å². The summed E-state index contributed by atoms with van der Waals surface area (Å²) in [5.74, 6) is -1.27. The number of carbonyl (C=O) groups is 2. The number of esters is 1. The Labute approximate surface area is 109 Å². The van der Waals surface area contributed by atoms with Gasteiger partial charge in [-0.15, -0.1) is 0 Å². The van der Waals surface area contributed by atoms with Crippen molar-refractivity contribution in [3.63, 3.8) is 0 Å². The van der Waals surface area contributed by atoms with E-state index in [0.29, 0.717) is 12.2 Å². The molecule has 5 nitrogen and oxygen atoms in total. The smallest absolute Gasteiger partial charge is 0.332 e. The maximum absolute atomic E-state index is 11.0. The minimum absolute atomic E-state index is 0.0142. The van der Waals surface area contributed by atoms with E-state index >= 15 is 0 Å². The standard InChI is InChI=1S/C12H15NO4S/c1-8(3-12(16)17-2)13-5-10-7-18-6-9(10)4-11(14)15/h3,6-7,13H,4-5H2,1-2H3,(H,14,15). The molecule has 0 aliphatic heterocycles. The van der Waals surface area contributed by atoms with Gasteiger partial charge in [-0.2, -0.15) is 11.3 Å². The number of carbonyl (C=O) groups excluding carboxylic acids is 1. The van der Waals surface area contributed by atoms with Gasteiger partial charge < -0.3 is 15.2 Å². The molecule has 0 radical (unpaired) electrons. The van der Waals surface area contributed by atoms with Crippen LogP contribution in [0.2, 0.25) is 0 Å². The minimum Gasteiger partial charge on any atom is -0.481 e. The molecule has 98 valence electrons. The van der Waals surface area contributed by atoms with Gasteiger partial charge in [-0.25, -0.2) is 4.79 Å². The fourth-order valence-corrected chi connectivity index (χ4v) is 2.21. The first-order chi connectivity index (χ1) is 8.52. The van der Waals surface area contributed by atoms with Crippen LogP contribution in [-0.2, 0) is 27.3 Å². The van der Waals surface area contributed by atoms with E-state index in [1.807, 2.05) is 10.8 Å². The molecule has 0 aliphatic carbocycles. The van der Waals surface area contributed by atoms with Crippen LogP contribution in [0.1, 0.15) is 18.1 Å². The Kier molecular flexibility index (Phi) is 5.38. The zero-order valence-corrected chi connectivity index (χ0v) is 11.0. The third kappa shape index (κ3) is 4.58. The van der Waals surface area contributed by atoms with Crippen molar-refractivity contribution in [2.24, 2.45) is 0 Å². The van der Waals surface area contributed by atoms with Crippen LogP contribution in [0, 0.1) is 0 Å². The molecule has 1 aromatic rings.